The summed E-state index contributed by atoms with van der Waals surface area (Å²) in [6, 6.07) is 9.71. The first kappa shape index (κ1) is 19.8. The fraction of sp³-hybridized carbons (Fsp3) is 0.333. The van der Waals surface area contributed by atoms with Crippen LogP contribution in [0.2, 0.25) is 0 Å². The molecule has 1 aromatic carbocycles. The van der Waals surface area contributed by atoms with E-state index in [1.165, 1.54) is 10.7 Å². The number of benzene rings is 1. The van der Waals surface area contributed by atoms with Gasteiger partial charge in [-0.15, -0.1) is 0 Å². The highest BCUT2D eigenvalue weighted by Crippen LogP contribution is 2.24. The largest absolute Gasteiger partial charge is 0.497 e. The van der Waals surface area contributed by atoms with Crippen molar-refractivity contribution in [2.45, 2.75) is 25.9 Å². The lowest BCUT2D eigenvalue weighted by atomic mass is 10.1. The third-order valence-corrected chi connectivity index (χ3v) is 5.13. The van der Waals surface area contributed by atoms with E-state index < -0.39 is 12.1 Å². The van der Waals surface area contributed by atoms with Crippen LogP contribution in [0.25, 0.3) is 11.3 Å². The normalized spacial score (nSPS) is 18.4. The van der Waals surface area contributed by atoms with Crippen LogP contribution in [0.1, 0.15) is 27.9 Å². The summed E-state index contributed by atoms with van der Waals surface area (Å²) in [5, 5.41) is 11.3. The average molecular weight is 410 g/mol. The van der Waals surface area contributed by atoms with E-state index in [-0.39, 0.29) is 24.7 Å². The topological polar surface area (TPSA) is 108 Å². The Bertz CT molecular complexity index is 1120. The molecule has 2 unspecified atom stereocenters. The van der Waals surface area contributed by atoms with Gasteiger partial charge < -0.3 is 19.3 Å². The smallest absolute Gasteiger partial charge is 0.267 e. The Hall–Kier alpha value is -3.46. The third-order valence-electron chi connectivity index (χ3n) is 5.13. The molecule has 1 aliphatic rings. The number of hydrogen-bond donors (Lipinski definition) is 1. The average Bonchev–Trinajstić information content (AvgIpc) is 3.34. The third kappa shape index (κ3) is 3.71. The predicted molar refractivity (Wildman–Crippen MR) is 108 cm³/mol. The van der Waals surface area contributed by atoms with Crippen molar-refractivity contribution in [3.63, 3.8) is 0 Å². The lowest BCUT2D eigenvalue weighted by Gasteiger charge is -2.20. The molecule has 0 spiro atoms. The van der Waals surface area contributed by atoms with Gasteiger partial charge in [-0.3, -0.25) is 9.59 Å². The molecule has 2 aromatic heterocycles. The van der Waals surface area contributed by atoms with Gasteiger partial charge >= 0.3 is 0 Å². The van der Waals surface area contributed by atoms with Gasteiger partial charge in [0.05, 0.1) is 37.8 Å². The number of carbonyl (C=O) groups is 1. The maximum atomic E-state index is 12.7. The van der Waals surface area contributed by atoms with Gasteiger partial charge in [-0.1, -0.05) is 17.3 Å². The van der Waals surface area contributed by atoms with E-state index in [1.807, 2.05) is 24.3 Å². The second kappa shape index (κ2) is 8.11. The zero-order chi connectivity index (χ0) is 21.3. The van der Waals surface area contributed by atoms with Crippen molar-refractivity contribution in [3.05, 3.63) is 63.8 Å². The van der Waals surface area contributed by atoms with Crippen LogP contribution in [0.5, 0.6) is 5.75 Å². The van der Waals surface area contributed by atoms with Gasteiger partial charge in [-0.25, -0.2) is 4.68 Å². The highest BCUT2D eigenvalue weighted by Gasteiger charge is 2.34. The Morgan fingerprint density at radius 1 is 1.23 bits per heavy atom. The van der Waals surface area contributed by atoms with Crippen LogP contribution in [0, 0.1) is 13.8 Å². The van der Waals surface area contributed by atoms with Crippen LogP contribution in [0.3, 0.4) is 0 Å². The zero-order valence-corrected chi connectivity index (χ0v) is 16.9. The maximum absolute atomic E-state index is 12.7. The highest BCUT2D eigenvalue weighted by molar-refractivity contribution is 5.96. The Morgan fingerprint density at radius 2 is 2.07 bits per heavy atom. The summed E-state index contributed by atoms with van der Waals surface area (Å²) < 4.78 is 17.3. The standard InChI is InChI=1S/C21H22N4O5/c1-12-20(13(2)30-24-12)21(27)22-17-10-29-11-18(17)25-19(26)8-7-16(23-25)14-5-4-6-15(9-14)28-3/h4-9,17-18H,10-11H2,1-3H3,(H,22,27). The van der Waals surface area contributed by atoms with Crippen LogP contribution in [-0.4, -0.2) is 47.2 Å². The molecule has 1 aliphatic heterocycles. The number of rotatable bonds is 5. The van der Waals surface area contributed by atoms with E-state index >= 15 is 0 Å². The number of aromatic nitrogens is 3. The summed E-state index contributed by atoms with van der Waals surface area (Å²) in [4.78, 5) is 25.3. The van der Waals surface area contributed by atoms with Gasteiger partial charge in [0.25, 0.3) is 11.5 Å². The van der Waals surface area contributed by atoms with Crippen LogP contribution in [0.4, 0.5) is 0 Å². The zero-order valence-electron chi connectivity index (χ0n) is 16.9. The van der Waals surface area contributed by atoms with Crippen molar-refractivity contribution in [2.75, 3.05) is 20.3 Å². The summed E-state index contributed by atoms with van der Waals surface area (Å²) in [5.41, 5.74) is 2.07. The number of nitrogens with zero attached hydrogens (tertiary/aromatic N) is 3. The molecule has 1 amide bonds. The molecule has 1 N–H and O–H groups in total. The fourth-order valence-corrected chi connectivity index (χ4v) is 3.57. The first-order valence-electron chi connectivity index (χ1n) is 9.53. The van der Waals surface area contributed by atoms with E-state index in [2.05, 4.69) is 15.6 Å². The summed E-state index contributed by atoms with van der Waals surface area (Å²) in [5.74, 6) is 0.820. The summed E-state index contributed by atoms with van der Waals surface area (Å²) in [7, 11) is 1.59. The van der Waals surface area contributed by atoms with Gasteiger partial charge in [0, 0.05) is 11.6 Å². The Balaban J connectivity index is 1.62. The molecule has 1 fully saturated rings. The molecule has 9 heteroatoms. The molecule has 0 bridgehead atoms. The van der Waals surface area contributed by atoms with Crippen molar-refractivity contribution in [1.29, 1.82) is 0 Å². The number of methoxy groups -OCH3 is 1. The molecule has 3 aromatic rings. The minimum atomic E-state index is -0.438. The van der Waals surface area contributed by atoms with E-state index in [4.69, 9.17) is 14.0 Å². The number of aryl methyl sites for hydroxylation is 2. The molecule has 2 atom stereocenters. The molecule has 30 heavy (non-hydrogen) atoms. The molecule has 1 saturated heterocycles. The lowest BCUT2D eigenvalue weighted by Crippen LogP contribution is -2.44. The van der Waals surface area contributed by atoms with Crippen molar-refractivity contribution in [1.82, 2.24) is 20.3 Å². The summed E-state index contributed by atoms with van der Waals surface area (Å²) >= 11 is 0. The first-order chi connectivity index (χ1) is 14.5. The molecular weight excluding hydrogens is 388 g/mol. The van der Waals surface area contributed by atoms with Crippen molar-refractivity contribution < 1.29 is 18.8 Å². The maximum Gasteiger partial charge on any atom is 0.267 e. The van der Waals surface area contributed by atoms with Gasteiger partial charge in [0.1, 0.15) is 23.1 Å². The van der Waals surface area contributed by atoms with Crippen LogP contribution in [0.15, 0.2) is 45.7 Å². The molecule has 156 valence electrons. The minimum Gasteiger partial charge on any atom is -0.497 e. The first-order valence-corrected chi connectivity index (χ1v) is 9.53. The number of hydrogen-bond acceptors (Lipinski definition) is 7. The van der Waals surface area contributed by atoms with Gasteiger partial charge in [0.15, 0.2) is 0 Å². The second-order valence-electron chi connectivity index (χ2n) is 7.12. The molecule has 9 nitrogen and oxygen atoms in total. The fourth-order valence-electron chi connectivity index (χ4n) is 3.57. The minimum absolute atomic E-state index is 0.265. The lowest BCUT2D eigenvalue weighted by molar-refractivity contribution is 0.0922. The highest BCUT2D eigenvalue weighted by atomic mass is 16.5. The van der Waals surface area contributed by atoms with E-state index in [0.717, 1.165) is 5.56 Å². The molecule has 4 rings (SSSR count). The quantitative estimate of drug-likeness (QED) is 0.684. The Morgan fingerprint density at radius 3 is 2.80 bits per heavy atom. The van der Waals surface area contributed by atoms with E-state index in [9.17, 15) is 9.59 Å². The number of carbonyl (C=O) groups excluding carboxylic acids is 1. The molecular formula is C21H22N4O5. The number of ether oxygens (including phenoxy) is 2. The molecule has 3 heterocycles. The van der Waals surface area contributed by atoms with Gasteiger partial charge in [-0.2, -0.15) is 5.10 Å². The summed E-state index contributed by atoms with van der Waals surface area (Å²) in [6.45, 7) is 3.93. The molecule has 0 aliphatic carbocycles. The second-order valence-corrected chi connectivity index (χ2v) is 7.12. The number of amides is 1. The SMILES string of the molecule is COc1cccc(-c2ccc(=O)n(C3COCC3NC(=O)c3c(C)noc3C)n2)c1. The Kier molecular flexibility index (Phi) is 5.37. The predicted octanol–water partition coefficient (Wildman–Crippen LogP) is 1.89. The van der Waals surface area contributed by atoms with Gasteiger partial charge in [0.2, 0.25) is 0 Å². The van der Waals surface area contributed by atoms with Crippen molar-refractivity contribution in [3.8, 4) is 17.0 Å². The van der Waals surface area contributed by atoms with E-state index in [0.29, 0.717) is 28.5 Å². The van der Waals surface area contributed by atoms with E-state index in [1.54, 1.807) is 27.0 Å². The van der Waals surface area contributed by atoms with Crippen molar-refractivity contribution >= 4 is 5.91 Å². The summed E-state index contributed by atoms with van der Waals surface area (Å²) in [6.07, 6.45) is 0. The molecule has 0 saturated carbocycles. The van der Waals surface area contributed by atoms with Crippen LogP contribution < -0.4 is 15.6 Å². The Labute approximate surface area is 172 Å². The monoisotopic (exact) mass is 410 g/mol. The van der Waals surface area contributed by atoms with Gasteiger partial charge in [-0.05, 0) is 32.0 Å². The molecule has 0 radical (unpaired) electrons. The number of nitrogens with one attached hydrogen (secondary N) is 1. The van der Waals surface area contributed by atoms with Crippen molar-refractivity contribution in [2.24, 2.45) is 0 Å². The van der Waals surface area contributed by atoms with Crippen LogP contribution in [-0.2, 0) is 4.74 Å². The van der Waals surface area contributed by atoms with Crippen LogP contribution >= 0.6 is 0 Å².